The van der Waals surface area contributed by atoms with Crippen molar-refractivity contribution >= 4 is 51.9 Å². The Morgan fingerprint density at radius 3 is 2.77 bits per heavy atom. The number of amides is 2. The summed E-state index contributed by atoms with van der Waals surface area (Å²) in [5.74, 6) is -0.575. The van der Waals surface area contributed by atoms with Crippen molar-refractivity contribution in [1.29, 1.82) is 0 Å². The van der Waals surface area contributed by atoms with Crippen molar-refractivity contribution in [2.45, 2.75) is 0 Å². The number of nitrogens with zero attached hydrogens (tertiary/aromatic N) is 4. The molecule has 1 aliphatic heterocycles. The maximum atomic E-state index is 12.2. The van der Waals surface area contributed by atoms with E-state index in [1.807, 2.05) is 0 Å². The SMILES string of the molecule is CNC(=O)CN1C(=O)C(=Cc2ccc(N=[N+]=[N-])cc2)SC1=S. The Hall–Kier alpha value is -2.35. The Labute approximate surface area is 136 Å². The lowest BCUT2D eigenvalue weighted by atomic mass is 10.2. The van der Waals surface area contributed by atoms with Gasteiger partial charge in [-0.25, -0.2) is 0 Å². The number of nitrogens with one attached hydrogen (secondary N) is 1. The van der Waals surface area contributed by atoms with Crippen molar-refractivity contribution in [1.82, 2.24) is 10.2 Å². The van der Waals surface area contributed by atoms with E-state index in [1.165, 1.54) is 11.9 Å². The minimum atomic E-state index is -0.294. The number of benzene rings is 1. The molecule has 1 heterocycles. The van der Waals surface area contributed by atoms with E-state index >= 15 is 0 Å². The van der Waals surface area contributed by atoms with Crippen LogP contribution in [0, 0.1) is 0 Å². The molecule has 7 nitrogen and oxygen atoms in total. The molecule has 1 fully saturated rings. The van der Waals surface area contributed by atoms with E-state index in [1.54, 1.807) is 30.3 Å². The second-order valence-corrected chi connectivity index (χ2v) is 5.90. The molecule has 2 amide bonds. The van der Waals surface area contributed by atoms with Crippen molar-refractivity contribution in [3.63, 3.8) is 0 Å². The normalized spacial score (nSPS) is 15.9. The third-order valence-electron chi connectivity index (χ3n) is 2.81. The number of carbonyl (C=O) groups is 2. The van der Waals surface area contributed by atoms with Gasteiger partial charge in [-0.2, -0.15) is 0 Å². The highest BCUT2D eigenvalue weighted by atomic mass is 32.2. The zero-order chi connectivity index (χ0) is 16.1. The second-order valence-electron chi connectivity index (χ2n) is 4.22. The first-order valence-electron chi connectivity index (χ1n) is 6.16. The Bertz CT molecular complexity index is 708. The molecule has 0 radical (unpaired) electrons. The lowest BCUT2D eigenvalue weighted by molar-refractivity contribution is -0.128. The third kappa shape index (κ3) is 3.64. The molecule has 1 saturated heterocycles. The number of thiocarbonyl (C=S) groups is 1. The molecule has 112 valence electrons. The number of azide groups is 1. The third-order valence-corrected chi connectivity index (χ3v) is 4.18. The fourth-order valence-corrected chi connectivity index (χ4v) is 2.95. The zero-order valence-electron chi connectivity index (χ0n) is 11.5. The molecule has 0 atom stereocenters. The van der Waals surface area contributed by atoms with Gasteiger partial charge in [0.05, 0.1) is 4.91 Å². The summed E-state index contributed by atoms with van der Waals surface area (Å²) in [6, 6.07) is 6.76. The van der Waals surface area contributed by atoms with Gasteiger partial charge in [0.2, 0.25) is 5.91 Å². The van der Waals surface area contributed by atoms with Crippen LogP contribution in [0.15, 0.2) is 34.3 Å². The molecule has 0 aliphatic carbocycles. The maximum Gasteiger partial charge on any atom is 0.266 e. The Morgan fingerprint density at radius 2 is 2.18 bits per heavy atom. The number of rotatable bonds is 4. The van der Waals surface area contributed by atoms with Gasteiger partial charge in [-0.05, 0) is 17.2 Å². The van der Waals surface area contributed by atoms with E-state index in [0.29, 0.717) is 14.9 Å². The predicted molar refractivity (Wildman–Crippen MR) is 89.2 cm³/mol. The average molecular weight is 333 g/mol. The maximum absolute atomic E-state index is 12.2. The molecule has 1 aliphatic rings. The standard InChI is InChI=1S/C13H11N5O2S2/c1-15-11(19)7-18-12(20)10(22-13(18)21)6-8-2-4-9(5-3-8)16-17-14/h2-6H,7H2,1H3,(H,15,19). The van der Waals surface area contributed by atoms with Gasteiger partial charge in [0, 0.05) is 17.6 Å². The lowest BCUT2D eigenvalue weighted by Crippen LogP contribution is -2.38. The Morgan fingerprint density at radius 1 is 1.50 bits per heavy atom. The van der Waals surface area contributed by atoms with Crippen LogP contribution < -0.4 is 5.32 Å². The molecule has 0 saturated carbocycles. The summed E-state index contributed by atoms with van der Waals surface area (Å²) in [7, 11) is 1.50. The van der Waals surface area contributed by atoms with Gasteiger partial charge < -0.3 is 5.32 Å². The van der Waals surface area contributed by atoms with Gasteiger partial charge in [0.25, 0.3) is 5.91 Å². The average Bonchev–Trinajstić information content (AvgIpc) is 2.77. The molecule has 22 heavy (non-hydrogen) atoms. The van der Waals surface area contributed by atoms with Crippen LogP contribution in [0.5, 0.6) is 0 Å². The van der Waals surface area contributed by atoms with E-state index in [0.717, 1.165) is 17.3 Å². The summed E-state index contributed by atoms with van der Waals surface area (Å²) in [5.41, 5.74) is 9.62. The molecule has 1 aromatic rings. The van der Waals surface area contributed by atoms with Crippen molar-refractivity contribution in [2.75, 3.05) is 13.6 Å². The van der Waals surface area contributed by atoms with Crippen molar-refractivity contribution < 1.29 is 9.59 Å². The first-order valence-corrected chi connectivity index (χ1v) is 7.38. The van der Waals surface area contributed by atoms with Gasteiger partial charge in [-0.1, -0.05) is 53.4 Å². The minimum absolute atomic E-state index is 0.0890. The van der Waals surface area contributed by atoms with E-state index < -0.39 is 0 Å². The van der Waals surface area contributed by atoms with Gasteiger partial charge in [-0.15, -0.1) is 0 Å². The number of hydrogen-bond donors (Lipinski definition) is 1. The van der Waals surface area contributed by atoms with Crippen LogP contribution in [0.25, 0.3) is 16.5 Å². The summed E-state index contributed by atoms with van der Waals surface area (Å²) in [5, 5.41) is 5.93. The van der Waals surface area contributed by atoms with Crippen LogP contribution in [0.3, 0.4) is 0 Å². The molecule has 9 heteroatoms. The summed E-state index contributed by atoms with van der Waals surface area (Å²) < 4.78 is 0.352. The predicted octanol–water partition coefficient (Wildman–Crippen LogP) is 2.58. The second kappa shape index (κ2) is 7.08. The Balaban J connectivity index is 2.18. The number of carbonyl (C=O) groups excluding carboxylic acids is 2. The van der Waals surface area contributed by atoms with Crippen LogP contribution >= 0.6 is 24.0 Å². The van der Waals surface area contributed by atoms with Crippen LogP contribution in [0.2, 0.25) is 0 Å². The monoisotopic (exact) mass is 333 g/mol. The lowest BCUT2D eigenvalue weighted by Gasteiger charge is -2.12. The highest BCUT2D eigenvalue weighted by Crippen LogP contribution is 2.32. The molecular formula is C13H11N5O2S2. The molecule has 0 aromatic heterocycles. The van der Waals surface area contributed by atoms with Crippen LogP contribution in [-0.2, 0) is 9.59 Å². The van der Waals surface area contributed by atoms with Crippen molar-refractivity contribution in [3.05, 3.63) is 45.2 Å². The molecule has 1 aromatic carbocycles. The Kier molecular flexibility index (Phi) is 5.16. The number of thioether (sulfide) groups is 1. The van der Waals surface area contributed by atoms with E-state index in [-0.39, 0.29) is 18.4 Å². The largest absolute Gasteiger partial charge is 0.358 e. The highest BCUT2D eigenvalue weighted by Gasteiger charge is 2.33. The fourth-order valence-electron chi connectivity index (χ4n) is 1.70. The van der Waals surface area contributed by atoms with Gasteiger partial charge >= 0.3 is 0 Å². The van der Waals surface area contributed by atoms with Crippen molar-refractivity contribution in [2.24, 2.45) is 5.11 Å². The highest BCUT2D eigenvalue weighted by molar-refractivity contribution is 8.26. The minimum Gasteiger partial charge on any atom is -0.358 e. The quantitative estimate of drug-likeness (QED) is 0.301. The molecule has 0 spiro atoms. The number of hydrogen-bond acceptors (Lipinski definition) is 5. The van der Waals surface area contributed by atoms with Crippen LogP contribution in [0.1, 0.15) is 5.56 Å². The fraction of sp³-hybridized carbons (Fsp3) is 0.154. The molecule has 0 bridgehead atoms. The van der Waals surface area contributed by atoms with Gasteiger partial charge in [-0.3, -0.25) is 14.5 Å². The van der Waals surface area contributed by atoms with E-state index in [9.17, 15) is 9.59 Å². The van der Waals surface area contributed by atoms with Crippen LogP contribution in [-0.4, -0.2) is 34.6 Å². The summed E-state index contributed by atoms with van der Waals surface area (Å²) >= 11 is 6.27. The first kappa shape index (κ1) is 16.0. The molecule has 2 rings (SSSR count). The van der Waals surface area contributed by atoms with E-state index in [4.69, 9.17) is 17.7 Å². The summed E-state index contributed by atoms with van der Waals surface area (Å²) in [6.07, 6.45) is 1.68. The molecule has 0 unspecified atom stereocenters. The van der Waals surface area contributed by atoms with Crippen molar-refractivity contribution in [3.8, 4) is 0 Å². The van der Waals surface area contributed by atoms with Gasteiger partial charge in [0.1, 0.15) is 10.9 Å². The van der Waals surface area contributed by atoms with E-state index in [2.05, 4.69) is 15.3 Å². The van der Waals surface area contributed by atoms with Gasteiger partial charge in [0.15, 0.2) is 0 Å². The smallest absolute Gasteiger partial charge is 0.266 e. The molecular weight excluding hydrogens is 322 g/mol. The topological polar surface area (TPSA) is 98.2 Å². The zero-order valence-corrected chi connectivity index (χ0v) is 13.1. The molecule has 1 N–H and O–H groups in total. The number of likely N-dealkylation sites (N-methyl/N-ethyl adjacent to an activating group) is 1. The van der Waals surface area contributed by atoms with Crippen LogP contribution in [0.4, 0.5) is 5.69 Å². The first-order chi connectivity index (χ1) is 10.5. The summed E-state index contributed by atoms with van der Waals surface area (Å²) in [6.45, 7) is -0.0890. The summed E-state index contributed by atoms with van der Waals surface area (Å²) in [4.78, 5) is 28.0.